The van der Waals surface area contributed by atoms with E-state index in [0.717, 1.165) is 15.6 Å². The molecule has 0 unspecified atom stereocenters. The second kappa shape index (κ2) is 7.59. The second-order valence-corrected chi connectivity index (χ2v) is 6.29. The van der Waals surface area contributed by atoms with E-state index in [1.165, 1.54) is 29.5 Å². The summed E-state index contributed by atoms with van der Waals surface area (Å²) in [6.45, 7) is -0.361. The Bertz CT molecular complexity index is 1120. The number of nitrogens with one attached hydrogen (secondary N) is 1. The second-order valence-electron chi connectivity index (χ2n) is 5.34. The smallest absolute Gasteiger partial charge is 0.270 e. The van der Waals surface area contributed by atoms with Gasteiger partial charge in [-0.1, -0.05) is 6.07 Å². The van der Waals surface area contributed by atoms with Crippen molar-refractivity contribution in [2.45, 2.75) is 6.54 Å². The molecule has 0 saturated heterocycles. The van der Waals surface area contributed by atoms with Crippen molar-refractivity contribution >= 4 is 28.6 Å². The van der Waals surface area contributed by atoms with E-state index >= 15 is 0 Å². The summed E-state index contributed by atoms with van der Waals surface area (Å²) < 4.78 is 1.02. The van der Waals surface area contributed by atoms with Gasteiger partial charge in [-0.05, 0) is 23.6 Å². The molecular formula is C17H11N5O4S. The molecular weight excluding hydrogens is 370 g/mol. The molecule has 0 aliphatic carbocycles. The fourth-order valence-electron chi connectivity index (χ4n) is 2.29. The zero-order valence-corrected chi connectivity index (χ0v) is 14.5. The number of carbonyl (C=O) groups excluding carboxylic acids is 1. The van der Waals surface area contributed by atoms with Gasteiger partial charge >= 0.3 is 0 Å². The first-order chi connectivity index (χ1) is 13.0. The summed E-state index contributed by atoms with van der Waals surface area (Å²) in [7, 11) is 0. The van der Waals surface area contributed by atoms with Crippen LogP contribution in [0.3, 0.4) is 0 Å². The summed E-state index contributed by atoms with van der Waals surface area (Å²) in [6.07, 6.45) is 0. The van der Waals surface area contributed by atoms with E-state index in [1.807, 2.05) is 17.5 Å². The molecule has 0 bridgehead atoms. The van der Waals surface area contributed by atoms with Crippen LogP contribution in [0, 0.1) is 21.4 Å². The number of anilines is 1. The first kappa shape index (κ1) is 18.0. The summed E-state index contributed by atoms with van der Waals surface area (Å²) in [6, 6.07) is 11.9. The van der Waals surface area contributed by atoms with Gasteiger partial charge in [0.1, 0.15) is 18.3 Å². The lowest BCUT2D eigenvalue weighted by atomic mass is 10.1. The number of non-ortho nitro benzene ring substituents is 1. The predicted octanol–water partition coefficient (Wildman–Crippen LogP) is 2.39. The Kier molecular flexibility index (Phi) is 5.05. The highest BCUT2D eigenvalue weighted by Gasteiger charge is 2.14. The molecule has 134 valence electrons. The summed E-state index contributed by atoms with van der Waals surface area (Å²) in [5.41, 5.74) is -0.0769. The van der Waals surface area contributed by atoms with E-state index in [2.05, 4.69) is 10.4 Å². The molecule has 1 amide bonds. The van der Waals surface area contributed by atoms with Crippen LogP contribution < -0.4 is 10.9 Å². The number of carbonyl (C=O) groups is 1. The number of aromatic nitrogens is 2. The molecule has 0 spiro atoms. The lowest BCUT2D eigenvalue weighted by Gasteiger charge is -2.09. The van der Waals surface area contributed by atoms with Crippen LogP contribution in [0.2, 0.25) is 0 Å². The number of nitriles is 1. The van der Waals surface area contributed by atoms with Crippen LogP contribution in [-0.2, 0) is 11.3 Å². The number of rotatable bonds is 5. The number of thiophene rings is 1. The van der Waals surface area contributed by atoms with Gasteiger partial charge in [-0.3, -0.25) is 19.7 Å². The summed E-state index contributed by atoms with van der Waals surface area (Å²) in [5, 5.41) is 28.4. The number of hydrogen-bond acceptors (Lipinski definition) is 7. The maximum Gasteiger partial charge on any atom is 0.270 e. The molecule has 10 heteroatoms. The zero-order valence-electron chi connectivity index (χ0n) is 13.7. The number of nitro benzene ring substituents is 1. The minimum atomic E-state index is -0.633. The van der Waals surface area contributed by atoms with E-state index in [0.29, 0.717) is 5.69 Å². The molecule has 1 aromatic carbocycles. The summed E-state index contributed by atoms with van der Waals surface area (Å²) in [4.78, 5) is 35.2. The minimum Gasteiger partial charge on any atom is -0.323 e. The molecule has 2 heterocycles. The first-order valence-corrected chi connectivity index (χ1v) is 8.46. The van der Waals surface area contributed by atoms with Crippen LogP contribution in [0.25, 0.3) is 10.6 Å². The van der Waals surface area contributed by atoms with Crippen molar-refractivity contribution in [3.8, 4) is 16.6 Å². The van der Waals surface area contributed by atoms with Gasteiger partial charge in [0, 0.05) is 18.2 Å². The van der Waals surface area contributed by atoms with E-state index in [4.69, 9.17) is 5.26 Å². The Balaban J connectivity index is 1.81. The van der Waals surface area contributed by atoms with Crippen molar-refractivity contribution in [1.29, 1.82) is 5.26 Å². The predicted molar refractivity (Wildman–Crippen MR) is 98.3 cm³/mol. The Hall–Kier alpha value is -3.84. The number of amides is 1. The van der Waals surface area contributed by atoms with Crippen LogP contribution in [0.5, 0.6) is 0 Å². The van der Waals surface area contributed by atoms with Gasteiger partial charge in [-0.25, -0.2) is 4.68 Å². The first-order valence-electron chi connectivity index (χ1n) is 7.58. The van der Waals surface area contributed by atoms with Crippen molar-refractivity contribution in [2.24, 2.45) is 0 Å². The number of benzene rings is 1. The third kappa shape index (κ3) is 4.05. The number of nitro groups is 1. The molecule has 0 atom stereocenters. The maximum absolute atomic E-state index is 12.3. The largest absolute Gasteiger partial charge is 0.323 e. The van der Waals surface area contributed by atoms with E-state index < -0.39 is 16.4 Å². The van der Waals surface area contributed by atoms with Gasteiger partial charge in [-0.2, -0.15) is 10.4 Å². The Morgan fingerprint density at radius 2 is 2.15 bits per heavy atom. The molecule has 3 aromatic rings. The molecule has 1 N–H and O–H groups in total. The molecule has 0 aliphatic heterocycles. The number of nitrogens with zero attached hydrogens (tertiary/aromatic N) is 4. The van der Waals surface area contributed by atoms with E-state index in [9.17, 15) is 19.7 Å². The quantitative estimate of drug-likeness (QED) is 0.533. The fraction of sp³-hybridized carbons (Fsp3) is 0.0588. The average molecular weight is 381 g/mol. The lowest BCUT2D eigenvalue weighted by molar-refractivity contribution is -0.384. The van der Waals surface area contributed by atoms with Crippen LogP contribution >= 0.6 is 11.3 Å². The van der Waals surface area contributed by atoms with Crippen molar-refractivity contribution < 1.29 is 9.72 Å². The van der Waals surface area contributed by atoms with Gasteiger partial charge in [0.2, 0.25) is 5.91 Å². The molecule has 0 aliphatic rings. The molecule has 3 rings (SSSR count). The summed E-state index contributed by atoms with van der Waals surface area (Å²) in [5.74, 6) is -0.585. The molecule has 27 heavy (non-hydrogen) atoms. The standard InChI is InChI=1S/C17H11N5O4S/c18-9-11-8-12(22(25)26)3-4-13(11)19-16(23)10-21-17(24)6-5-14(20-21)15-2-1-7-27-15/h1-8H,10H2,(H,19,23). The van der Waals surface area contributed by atoms with Crippen LogP contribution in [0.1, 0.15) is 5.56 Å². The Morgan fingerprint density at radius 3 is 2.81 bits per heavy atom. The average Bonchev–Trinajstić information content (AvgIpc) is 3.18. The van der Waals surface area contributed by atoms with E-state index in [-0.39, 0.29) is 23.5 Å². The molecule has 0 saturated carbocycles. The number of hydrogen-bond donors (Lipinski definition) is 1. The SMILES string of the molecule is N#Cc1cc([N+](=O)[O-])ccc1NC(=O)Cn1nc(-c2cccs2)ccc1=O. The van der Waals surface area contributed by atoms with Crippen molar-refractivity contribution in [3.05, 3.63) is 73.9 Å². The topological polar surface area (TPSA) is 131 Å². The Morgan fingerprint density at radius 1 is 1.33 bits per heavy atom. The normalized spacial score (nSPS) is 10.2. The van der Waals surface area contributed by atoms with Crippen LogP contribution in [-0.4, -0.2) is 20.6 Å². The molecule has 0 fully saturated rings. The molecule has 0 radical (unpaired) electrons. The fourth-order valence-corrected chi connectivity index (χ4v) is 2.98. The van der Waals surface area contributed by atoms with Crippen molar-refractivity contribution in [1.82, 2.24) is 9.78 Å². The van der Waals surface area contributed by atoms with Gasteiger partial charge in [0.05, 0.1) is 21.1 Å². The van der Waals surface area contributed by atoms with Crippen LogP contribution in [0.4, 0.5) is 11.4 Å². The highest BCUT2D eigenvalue weighted by atomic mass is 32.1. The summed E-state index contributed by atoms with van der Waals surface area (Å²) >= 11 is 1.45. The molecule has 9 nitrogen and oxygen atoms in total. The van der Waals surface area contributed by atoms with Gasteiger partial charge in [0.15, 0.2) is 0 Å². The van der Waals surface area contributed by atoms with Gasteiger partial charge in [0.25, 0.3) is 11.2 Å². The van der Waals surface area contributed by atoms with Gasteiger partial charge < -0.3 is 5.32 Å². The Labute approximate surface area is 156 Å². The maximum atomic E-state index is 12.3. The minimum absolute atomic E-state index is 0.0507. The van der Waals surface area contributed by atoms with Gasteiger partial charge in [-0.15, -0.1) is 11.3 Å². The lowest BCUT2D eigenvalue weighted by Crippen LogP contribution is -2.29. The van der Waals surface area contributed by atoms with E-state index in [1.54, 1.807) is 12.1 Å². The zero-order chi connectivity index (χ0) is 19.4. The van der Waals surface area contributed by atoms with Crippen LogP contribution in [0.15, 0.2) is 52.6 Å². The van der Waals surface area contributed by atoms with Crippen molar-refractivity contribution in [3.63, 3.8) is 0 Å². The highest BCUT2D eigenvalue weighted by Crippen LogP contribution is 2.22. The highest BCUT2D eigenvalue weighted by molar-refractivity contribution is 7.13. The monoisotopic (exact) mass is 381 g/mol. The third-order valence-corrected chi connectivity index (χ3v) is 4.43. The van der Waals surface area contributed by atoms with Crippen molar-refractivity contribution in [2.75, 3.05) is 5.32 Å². The molecule has 2 aromatic heterocycles. The third-order valence-electron chi connectivity index (χ3n) is 3.54.